The number of sulfone groups is 1. The number of aliphatic hydroxyl groups excluding tert-OH is 1. The van der Waals surface area contributed by atoms with E-state index in [1.54, 1.807) is 20.8 Å². The van der Waals surface area contributed by atoms with E-state index in [1.165, 1.54) is 6.26 Å². The Morgan fingerprint density at radius 3 is 2.32 bits per heavy atom. The van der Waals surface area contributed by atoms with E-state index < -0.39 is 26.9 Å². The molecule has 1 saturated carbocycles. The molecular weight excluding hydrogens is 306 g/mol. The standard InChI is InChI=1S/C15H29NO5S/c1-14(2,3)21-13(18)16-10-15(11-17,12-6-7-12)8-5-9-22(4,19)20/h12,17H,5-11H2,1-4H3,(H,16,18). The lowest BCUT2D eigenvalue weighted by Crippen LogP contribution is -2.43. The Hall–Kier alpha value is -0.820. The zero-order valence-corrected chi connectivity index (χ0v) is 14.8. The number of nitrogens with one attached hydrogen (secondary N) is 1. The van der Waals surface area contributed by atoms with Crippen LogP contribution in [0, 0.1) is 11.3 Å². The molecule has 6 nitrogen and oxygen atoms in total. The highest BCUT2D eigenvalue weighted by Crippen LogP contribution is 2.48. The Bertz CT molecular complexity index is 479. The summed E-state index contributed by atoms with van der Waals surface area (Å²) >= 11 is 0. The number of hydrogen-bond acceptors (Lipinski definition) is 5. The van der Waals surface area contributed by atoms with Crippen LogP contribution in [0.1, 0.15) is 46.5 Å². The van der Waals surface area contributed by atoms with Crippen LogP contribution < -0.4 is 5.32 Å². The molecule has 0 radical (unpaired) electrons. The molecule has 1 aliphatic rings. The van der Waals surface area contributed by atoms with Gasteiger partial charge < -0.3 is 15.2 Å². The highest BCUT2D eigenvalue weighted by atomic mass is 32.2. The highest BCUT2D eigenvalue weighted by molar-refractivity contribution is 7.90. The van der Waals surface area contributed by atoms with Gasteiger partial charge in [0, 0.05) is 24.0 Å². The summed E-state index contributed by atoms with van der Waals surface area (Å²) in [6, 6.07) is 0. The fourth-order valence-corrected chi connectivity index (χ4v) is 3.31. The Morgan fingerprint density at radius 2 is 1.91 bits per heavy atom. The maximum absolute atomic E-state index is 11.8. The number of aliphatic hydroxyl groups is 1. The van der Waals surface area contributed by atoms with E-state index in [0.717, 1.165) is 12.8 Å². The van der Waals surface area contributed by atoms with Crippen molar-refractivity contribution in [3.63, 3.8) is 0 Å². The lowest BCUT2D eigenvalue weighted by Gasteiger charge is -2.33. The first-order valence-electron chi connectivity index (χ1n) is 7.73. The Labute approximate surface area is 133 Å². The minimum atomic E-state index is -3.01. The summed E-state index contributed by atoms with van der Waals surface area (Å²) in [5, 5.41) is 12.5. The van der Waals surface area contributed by atoms with Crippen LogP contribution in [0.15, 0.2) is 0 Å². The van der Waals surface area contributed by atoms with Crippen LogP contribution in [0.4, 0.5) is 4.79 Å². The van der Waals surface area contributed by atoms with Gasteiger partial charge in [-0.15, -0.1) is 0 Å². The van der Waals surface area contributed by atoms with E-state index in [-0.39, 0.29) is 12.4 Å². The molecule has 1 amide bonds. The maximum atomic E-state index is 11.8. The second-order valence-electron chi connectivity index (χ2n) is 7.38. The molecule has 22 heavy (non-hydrogen) atoms. The van der Waals surface area contributed by atoms with Gasteiger partial charge in [0.25, 0.3) is 0 Å². The zero-order valence-electron chi connectivity index (χ0n) is 14.0. The SMILES string of the molecule is CC(C)(C)OC(=O)NCC(CO)(CCCS(C)(=O)=O)C1CC1. The van der Waals surface area contributed by atoms with Crippen molar-refractivity contribution in [1.29, 1.82) is 0 Å². The van der Waals surface area contributed by atoms with Crippen molar-refractivity contribution in [2.75, 3.05) is 25.2 Å². The van der Waals surface area contributed by atoms with Gasteiger partial charge in [0.05, 0.1) is 6.61 Å². The first kappa shape index (κ1) is 19.2. The minimum absolute atomic E-state index is 0.0583. The number of rotatable bonds is 8. The number of carbonyl (C=O) groups excluding carboxylic acids is 1. The third-order valence-corrected chi connectivity index (χ3v) is 4.96. The van der Waals surface area contributed by atoms with Gasteiger partial charge >= 0.3 is 6.09 Å². The van der Waals surface area contributed by atoms with E-state index in [4.69, 9.17) is 4.74 Å². The van der Waals surface area contributed by atoms with Gasteiger partial charge in [-0.25, -0.2) is 13.2 Å². The lowest BCUT2D eigenvalue weighted by atomic mass is 9.79. The Kier molecular flexibility index (Phi) is 6.27. The molecule has 2 N–H and O–H groups in total. The monoisotopic (exact) mass is 335 g/mol. The largest absolute Gasteiger partial charge is 0.444 e. The molecule has 0 spiro atoms. The first-order valence-corrected chi connectivity index (χ1v) is 9.79. The van der Waals surface area contributed by atoms with Gasteiger partial charge in [0.15, 0.2) is 0 Å². The van der Waals surface area contributed by atoms with Crippen molar-refractivity contribution in [2.24, 2.45) is 11.3 Å². The average Bonchev–Trinajstić information content (AvgIpc) is 3.14. The van der Waals surface area contributed by atoms with Crippen molar-refractivity contribution in [3.05, 3.63) is 0 Å². The molecule has 1 atom stereocenters. The van der Waals surface area contributed by atoms with Gasteiger partial charge in [-0.2, -0.15) is 0 Å². The van der Waals surface area contributed by atoms with Crippen LogP contribution >= 0.6 is 0 Å². The van der Waals surface area contributed by atoms with E-state index in [2.05, 4.69) is 5.32 Å². The van der Waals surface area contributed by atoms with E-state index in [1.807, 2.05) is 0 Å². The average molecular weight is 335 g/mol. The predicted octanol–water partition coefficient (Wildman–Crippen LogP) is 1.72. The van der Waals surface area contributed by atoms with Crippen LogP contribution in [0.5, 0.6) is 0 Å². The molecule has 0 aromatic heterocycles. The van der Waals surface area contributed by atoms with Gasteiger partial charge in [-0.1, -0.05) is 0 Å². The lowest BCUT2D eigenvalue weighted by molar-refractivity contribution is 0.0424. The van der Waals surface area contributed by atoms with Crippen LogP contribution in [0.3, 0.4) is 0 Å². The van der Waals surface area contributed by atoms with Crippen molar-refractivity contribution < 1.29 is 23.1 Å². The molecule has 0 saturated heterocycles. The van der Waals surface area contributed by atoms with Crippen LogP contribution in [-0.2, 0) is 14.6 Å². The third-order valence-electron chi connectivity index (χ3n) is 3.93. The summed E-state index contributed by atoms with van der Waals surface area (Å²) in [4.78, 5) is 11.8. The Morgan fingerprint density at radius 1 is 1.32 bits per heavy atom. The predicted molar refractivity (Wildman–Crippen MR) is 85.4 cm³/mol. The summed E-state index contributed by atoms with van der Waals surface area (Å²) in [7, 11) is -3.01. The second-order valence-corrected chi connectivity index (χ2v) is 9.64. The van der Waals surface area contributed by atoms with Crippen molar-refractivity contribution in [3.8, 4) is 0 Å². The molecule has 0 aliphatic heterocycles. The molecule has 7 heteroatoms. The number of hydrogen-bond donors (Lipinski definition) is 2. The first-order chi connectivity index (χ1) is 9.97. The topological polar surface area (TPSA) is 92.7 Å². The van der Waals surface area contributed by atoms with Gasteiger partial charge in [0.1, 0.15) is 15.4 Å². The molecule has 1 fully saturated rings. The van der Waals surface area contributed by atoms with Crippen LogP contribution in [0.25, 0.3) is 0 Å². The van der Waals surface area contributed by atoms with E-state index in [0.29, 0.717) is 25.3 Å². The number of carbonyl (C=O) groups is 1. The minimum Gasteiger partial charge on any atom is -0.444 e. The molecule has 0 aromatic carbocycles. The quantitative estimate of drug-likeness (QED) is 0.704. The van der Waals surface area contributed by atoms with Gasteiger partial charge in [0.2, 0.25) is 0 Å². The summed E-state index contributed by atoms with van der Waals surface area (Å²) < 4.78 is 27.7. The van der Waals surface area contributed by atoms with Crippen molar-refractivity contribution in [2.45, 2.75) is 52.1 Å². The summed E-state index contributed by atoms with van der Waals surface area (Å²) in [6.07, 6.45) is 3.80. The molecule has 1 aliphatic carbocycles. The zero-order chi connectivity index (χ0) is 17.0. The summed E-state index contributed by atoms with van der Waals surface area (Å²) in [5.74, 6) is 0.445. The molecular formula is C15H29NO5S. The fourth-order valence-electron chi connectivity index (χ4n) is 2.65. The Balaban J connectivity index is 2.58. The number of amides is 1. The molecule has 0 bridgehead atoms. The van der Waals surface area contributed by atoms with Crippen LogP contribution in [-0.4, -0.2) is 50.4 Å². The normalized spacial score (nSPS) is 18.6. The molecule has 0 aromatic rings. The fraction of sp³-hybridized carbons (Fsp3) is 0.933. The van der Waals surface area contributed by atoms with Crippen molar-refractivity contribution >= 4 is 15.9 Å². The maximum Gasteiger partial charge on any atom is 0.407 e. The van der Waals surface area contributed by atoms with Gasteiger partial charge in [-0.3, -0.25) is 0 Å². The molecule has 1 rings (SSSR count). The second kappa shape index (κ2) is 7.17. The molecule has 1 unspecified atom stereocenters. The van der Waals surface area contributed by atoms with Crippen LogP contribution in [0.2, 0.25) is 0 Å². The third kappa shape index (κ3) is 6.96. The van der Waals surface area contributed by atoms with Gasteiger partial charge in [-0.05, 0) is 52.4 Å². The number of ether oxygens (including phenoxy) is 1. The smallest absolute Gasteiger partial charge is 0.407 e. The molecule has 0 heterocycles. The summed E-state index contributed by atoms with van der Waals surface area (Å²) in [5.41, 5.74) is -1.01. The van der Waals surface area contributed by atoms with Crippen molar-refractivity contribution in [1.82, 2.24) is 5.32 Å². The van der Waals surface area contributed by atoms with E-state index >= 15 is 0 Å². The summed E-state index contributed by atoms with van der Waals surface area (Å²) in [6.45, 7) is 5.63. The highest BCUT2D eigenvalue weighted by Gasteiger charge is 2.44. The molecule has 130 valence electrons. The van der Waals surface area contributed by atoms with E-state index in [9.17, 15) is 18.3 Å². The number of alkyl carbamates (subject to hydrolysis) is 1.